The van der Waals surface area contributed by atoms with Crippen LogP contribution in [0.5, 0.6) is 0 Å². The third-order valence-corrected chi connectivity index (χ3v) is 3.72. The molecule has 0 atom stereocenters. The molecule has 0 spiro atoms. The Bertz CT molecular complexity index is 596. The van der Waals surface area contributed by atoms with Crippen molar-refractivity contribution in [3.8, 4) is 0 Å². The molecule has 0 amide bonds. The molecule has 0 radical (unpaired) electrons. The van der Waals surface area contributed by atoms with E-state index < -0.39 is 0 Å². The highest BCUT2D eigenvalue weighted by Gasteiger charge is 2.14. The maximum atomic E-state index is 14.1. The Hall–Kier alpha value is -1.16. The molecule has 0 aliphatic heterocycles. The fraction of sp³-hybridized carbons (Fsp3) is 0.357. The van der Waals surface area contributed by atoms with Crippen LogP contribution in [-0.4, -0.2) is 11.5 Å². The Morgan fingerprint density at radius 3 is 2.72 bits per heavy atom. The van der Waals surface area contributed by atoms with Crippen LogP contribution in [0, 0.1) is 19.7 Å². The Labute approximate surface area is 115 Å². The molecule has 0 saturated carbocycles. The standard InChI is InChI=1S/C14H16BrFN2/c1-4-7-17-13-8(2)9(3)18-14-10(15)5-6-11(16)12(13)14/h5-6H,4,7H2,1-3H3,(H,17,18). The molecule has 2 nitrogen and oxygen atoms in total. The monoisotopic (exact) mass is 310 g/mol. The van der Waals surface area contributed by atoms with E-state index in [0.29, 0.717) is 10.9 Å². The number of aromatic nitrogens is 1. The normalized spacial score (nSPS) is 10.9. The Morgan fingerprint density at radius 1 is 1.33 bits per heavy atom. The largest absolute Gasteiger partial charge is 0.384 e. The van der Waals surface area contributed by atoms with Gasteiger partial charge >= 0.3 is 0 Å². The third kappa shape index (κ3) is 2.21. The van der Waals surface area contributed by atoms with Crippen LogP contribution in [0.1, 0.15) is 24.6 Å². The van der Waals surface area contributed by atoms with Gasteiger partial charge in [-0.15, -0.1) is 0 Å². The van der Waals surface area contributed by atoms with Gasteiger partial charge in [-0.1, -0.05) is 6.92 Å². The second-order valence-corrected chi connectivity index (χ2v) is 5.23. The number of pyridine rings is 1. The van der Waals surface area contributed by atoms with Crippen molar-refractivity contribution in [1.29, 1.82) is 0 Å². The number of anilines is 1. The molecule has 0 saturated heterocycles. The lowest BCUT2D eigenvalue weighted by Crippen LogP contribution is -2.06. The molecule has 2 rings (SSSR count). The van der Waals surface area contributed by atoms with Gasteiger partial charge in [0.25, 0.3) is 0 Å². The number of rotatable bonds is 3. The molecule has 4 heteroatoms. The number of hydrogen-bond acceptors (Lipinski definition) is 2. The van der Waals surface area contributed by atoms with E-state index in [4.69, 9.17) is 0 Å². The van der Waals surface area contributed by atoms with Crippen molar-refractivity contribution < 1.29 is 4.39 Å². The zero-order valence-corrected chi connectivity index (χ0v) is 12.4. The molecule has 2 aromatic rings. The van der Waals surface area contributed by atoms with E-state index in [1.165, 1.54) is 6.07 Å². The van der Waals surface area contributed by atoms with Crippen LogP contribution >= 0.6 is 15.9 Å². The van der Waals surface area contributed by atoms with Crippen LogP contribution in [0.25, 0.3) is 10.9 Å². The minimum absolute atomic E-state index is 0.234. The second-order valence-electron chi connectivity index (χ2n) is 4.38. The van der Waals surface area contributed by atoms with Crippen molar-refractivity contribution in [2.75, 3.05) is 11.9 Å². The molecule has 0 bridgehead atoms. The van der Waals surface area contributed by atoms with E-state index in [1.807, 2.05) is 13.8 Å². The smallest absolute Gasteiger partial charge is 0.134 e. The summed E-state index contributed by atoms with van der Waals surface area (Å²) in [5, 5.41) is 3.88. The number of aryl methyl sites for hydroxylation is 1. The van der Waals surface area contributed by atoms with E-state index in [2.05, 4.69) is 33.2 Å². The van der Waals surface area contributed by atoms with Crippen molar-refractivity contribution in [2.24, 2.45) is 0 Å². The highest BCUT2D eigenvalue weighted by molar-refractivity contribution is 9.10. The first-order valence-electron chi connectivity index (χ1n) is 6.05. The number of nitrogens with one attached hydrogen (secondary N) is 1. The molecule has 1 heterocycles. The minimum atomic E-state index is -0.234. The summed E-state index contributed by atoms with van der Waals surface area (Å²) >= 11 is 3.44. The van der Waals surface area contributed by atoms with Crippen LogP contribution in [0.2, 0.25) is 0 Å². The molecular weight excluding hydrogens is 295 g/mol. The summed E-state index contributed by atoms with van der Waals surface area (Å²) in [6, 6.07) is 3.17. The first-order valence-corrected chi connectivity index (χ1v) is 6.84. The lowest BCUT2D eigenvalue weighted by atomic mass is 10.1. The van der Waals surface area contributed by atoms with Crippen LogP contribution < -0.4 is 5.32 Å². The first kappa shape index (κ1) is 13.3. The van der Waals surface area contributed by atoms with Gasteiger partial charge in [-0.25, -0.2) is 4.39 Å². The van der Waals surface area contributed by atoms with Crippen LogP contribution in [0.15, 0.2) is 16.6 Å². The van der Waals surface area contributed by atoms with Crippen molar-refractivity contribution >= 4 is 32.5 Å². The van der Waals surface area contributed by atoms with E-state index in [9.17, 15) is 4.39 Å². The van der Waals surface area contributed by atoms with Gasteiger partial charge in [0.1, 0.15) is 5.82 Å². The zero-order chi connectivity index (χ0) is 13.3. The van der Waals surface area contributed by atoms with Gasteiger partial charge in [-0.3, -0.25) is 4.98 Å². The summed E-state index contributed by atoms with van der Waals surface area (Å²) in [5.74, 6) is -0.234. The Morgan fingerprint density at radius 2 is 2.06 bits per heavy atom. The SMILES string of the molecule is CCCNc1c(C)c(C)nc2c(Br)ccc(F)c12. The van der Waals surface area contributed by atoms with E-state index in [1.54, 1.807) is 6.07 Å². The molecule has 1 aromatic heterocycles. The topological polar surface area (TPSA) is 24.9 Å². The molecule has 0 unspecified atom stereocenters. The van der Waals surface area contributed by atoms with Crippen LogP contribution in [0.4, 0.5) is 10.1 Å². The van der Waals surface area contributed by atoms with Gasteiger partial charge in [-0.2, -0.15) is 0 Å². The summed E-state index contributed by atoms with van der Waals surface area (Å²) in [6.07, 6.45) is 0.998. The lowest BCUT2D eigenvalue weighted by Gasteiger charge is -2.15. The van der Waals surface area contributed by atoms with E-state index in [0.717, 1.165) is 34.4 Å². The number of nitrogens with zero attached hydrogens (tertiary/aromatic N) is 1. The highest BCUT2D eigenvalue weighted by atomic mass is 79.9. The lowest BCUT2D eigenvalue weighted by molar-refractivity contribution is 0.639. The number of benzene rings is 1. The molecule has 0 aliphatic carbocycles. The number of hydrogen-bond donors (Lipinski definition) is 1. The third-order valence-electron chi connectivity index (χ3n) is 3.08. The summed E-state index contributed by atoms with van der Waals surface area (Å²) in [6.45, 7) is 6.83. The molecular formula is C14H16BrFN2. The Balaban J connectivity index is 2.79. The predicted octanol–water partition coefficient (Wildman–Crippen LogP) is 4.58. The van der Waals surface area contributed by atoms with Gasteiger partial charge in [-0.05, 0) is 53.9 Å². The Kier molecular flexibility index (Phi) is 3.85. The summed E-state index contributed by atoms with van der Waals surface area (Å²) in [7, 11) is 0. The summed E-state index contributed by atoms with van der Waals surface area (Å²) in [4.78, 5) is 4.48. The van der Waals surface area contributed by atoms with Crippen LogP contribution in [0.3, 0.4) is 0 Å². The number of fused-ring (bicyclic) bond motifs is 1. The molecule has 18 heavy (non-hydrogen) atoms. The van der Waals surface area contributed by atoms with Crippen molar-refractivity contribution in [3.63, 3.8) is 0 Å². The van der Waals surface area contributed by atoms with Gasteiger partial charge in [0.05, 0.1) is 16.6 Å². The van der Waals surface area contributed by atoms with Crippen molar-refractivity contribution in [3.05, 3.63) is 33.7 Å². The van der Waals surface area contributed by atoms with Gasteiger partial charge in [0, 0.05) is 16.7 Å². The van der Waals surface area contributed by atoms with Gasteiger partial charge in [0.15, 0.2) is 0 Å². The molecule has 0 fully saturated rings. The fourth-order valence-electron chi connectivity index (χ4n) is 1.98. The second kappa shape index (κ2) is 5.22. The summed E-state index contributed by atoms with van der Waals surface area (Å²) in [5.41, 5.74) is 3.47. The maximum absolute atomic E-state index is 14.1. The first-order chi connectivity index (χ1) is 8.56. The van der Waals surface area contributed by atoms with Crippen molar-refractivity contribution in [2.45, 2.75) is 27.2 Å². The quantitative estimate of drug-likeness (QED) is 0.898. The molecule has 1 N–H and O–H groups in total. The average molecular weight is 311 g/mol. The minimum Gasteiger partial charge on any atom is -0.384 e. The average Bonchev–Trinajstić information content (AvgIpc) is 2.35. The van der Waals surface area contributed by atoms with Crippen LogP contribution in [-0.2, 0) is 0 Å². The molecule has 1 aromatic carbocycles. The van der Waals surface area contributed by atoms with E-state index in [-0.39, 0.29) is 5.82 Å². The number of halogens is 2. The predicted molar refractivity (Wildman–Crippen MR) is 77.7 cm³/mol. The molecule has 96 valence electrons. The fourth-order valence-corrected chi connectivity index (χ4v) is 2.40. The maximum Gasteiger partial charge on any atom is 0.134 e. The van der Waals surface area contributed by atoms with Gasteiger partial charge < -0.3 is 5.32 Å². The summed E-state index contributed by atoms with van der Waals surface area (Å²) < 4.78 is 14.9. The van der Waals surface area contributed by atoms with Gasteiger partial charge in [0.2, 0.25) is 0 Å². The van der Waals surface area contributed by atoms with Crippen molar-refractivity contribution in [1.82, 2.24) is 4.98 Å². The zero-order valence-electron chi connectivity index (χ0n) is 10.8. The highest BCUT2D eigenvalue weighted by Crippen LogP contribution is 2.33. The van der Waals surface area contributed by atoms with E-state index >= 15 is 0 Å². The molecule has 0 aliphatic rings.